The maximum atomic E-state index is 3.73. The maximum Gasteiger partial charge on any atom is 0.0153 e. The van der Waals surface area contributed by atoms with Crippen LogP contribution in [-0.4, -0.2) is 12.1 Å². The first-order valence-corrected chi connectivity index (χ1v) is 5.63. The van der Waals surface area contributed by atoms with E-state index >= 15 is 0 Å². The lowest BCUT2D eigenvalue weighted by molar-refractivity contribution is 0.254. The van der Waals surface area contributed by atoms with Crippen molar-refractivity contribution in [1.29, 1.82) is 0 Å². The van der Waals surface area contributed by atoms with Gasteiger partial charge in [-0.3, -0.25) is 0 Å². The lowest BCUT2D eigenvalue weighted by atomic mass is 9.83. The molecule has 0 heterocycles. The van der Waals surface area contributed by atoms with Crippen molar-refractivity contribution in [3.63, 3.8) is 0 Å². The van der Waals surface area contributed by atoms with Gasteiger partial charge in [0, 0.05) is 5.54 Å². The number of allylic oxidation sites excluding steroid dienone is 1. The van der Waals surface area contributed by atoms with E-state index in [2.05, 4.69) is 18.8 Å². The smallest absolute Gasteiger partial charge is 0.0153 e. The molecule has 0 aliphatic heterocycles. The van der Waals surface area contributed by atoms with Crippen LogP contribution in [0.5, 0.6) is 0 Å². The molecule has 0 spiro atoms. The molecule has 1 saturated carbocycles. The average Bonchev–Trinajstić information content (AvgIpc) is 2.14. The molecule has 1 N–H and O–H groups in total. The van der Waals surface area contributed by atoms with Crippen molar-refractivity contribution in [3.8, 4) is 0 Å². The summed E-state index contributed by atoms with van der Waals surface area (Å²) in [6.45, 7) is 7.26. The summed E-state index contributed by atoms with van der Waals surface area (Å²) in [6, 6.07) is 0. The summed E-state index contributed by atoms with van der Waals surface area (Å²) in [5.41, 5.74) is 0.444. The molecule has 1 aliphatic rings. The molecule has 1 heteroatoms. The van der Waals surface area contributed by atoms with Crippen molar-refractivity contribution in [2.24, 2.45) is 0 Å². The van der Waals surface area contributed by atoms with Gasteiger partial charge in [-0.2, -0.15) is 0 Å². The summed E-state index contributed by atoms with van der Waals surface area (Å²) < 4.78 is 0. The Kier molecular flexibility index (Phi) is 4.51. The largest absolute Gasteiger partial charge is 0.312 e. The first-order valence-electron chi connectivity index (χ1n) is 5.63. The van der Waals surface area contributed by atoms with Gasteiger partial charge in [0.2, 0.25) is 0 Å². The molecule has 0 aromatic rings. The molecule has 0 atom stereocenters. The predicted molar refractivity (Wildman–Crippen MR) is 58.9 cm³/mol. The van der Waals surface area contributed by atoms with Gasteiger partial charge in [-0.05, 0) is 39.2 Å². The zero-order valence-corrected chi connectivity index (χ0v) is 8.94. The van der Waals surface area contributed by atoms with E-state index in [-0.39, 0.29) is 0 Å². The SMILES string of the molecule is C=CCCCNC1(C)CCCCC1. The van der Waals surface area contributed by atoms with Gasteiger partial charge in [-0.1, -0.05) is 25.3 Å². The van der Waals surface area contributed by atoms with Crippen LogP contribution in [0.4, 0.5) is 0 Å². The molecule has 0 aromatic carbocycles. The standard InChI is InChI=1S/C12H23N/c1-3-4-8-11-13-12(2)9-6-5-7-10-12/h3,13H,1,4-11H2,2H3. The van der Waals surface area contributed by atoms with Crippen LogP contribution in [0.25, 0.3) is 0 Å². The number of unbranched alkanes of at least 4 members (excludes halogenated alkanes) is 1. The minimum absolute atomic E-state index is 0.444. The molecule has 1 nitrogen and oxygen atoms in total. The second kappa shape index (κ2) is 5.43. The Balaban J connectivity index is 2.13. The second-order valence-electron chi connectivity index (χ2n) is 4.48. The van der Waals surface area contributed by atoms with Crippen LogP contribution in [0.15, 0.2) is 12.7 Å². The van der Waals surface area contributed by atoms with Crippen molar-refractivity contribution < 1.29 is 0 Å². The number of hydrogen-bond donors (Lipinski definition) is 1. The topological polar surface area (TPSA) is 12.0 Å². The number of hydrogen-bond acceptors (Lipinski definition) is 1. The second-order valence-corrected chi connectivity index (χ2v) is 4.48. The van der Waals surface area contributed by atoms with Gasteiger partial charge in [0.15, 0.2) is 0 Å². The Labute approximate surface area is 82.6 Å². The Morgan fingerprint density at radius 3 is 2.62 bits per heavy atom. The molecule has 13 heavy (non-hydrogen) atoms. The van der Waals surface area contributed by atoms with Gasteiger partial charge >= 0.3 is 0 Å². The highest BCUT2D eigenvalue weighted by molar-refractivity contribution is 4.86. The fourth-order valence-corrected chi connectivity index (χ4v) is 2.15. The van der Waals surface area contributed by atoms with Gasteiger partial charge in [-0.15, -0.1) is 6.58 Å². The van der Waals surface area contributed by atoms with E-state index in [1.807, 2.05) is 6.08 Å². The van der Waals surface area contributed by atoms with E-state index in [0.717, 1.165) is 13.0 Å². The van der Waals surface area contributed by atoms with E-state index < -0.39 is 0 Å². The summed E-state index contributed by atoms with van der Waals surface area (Å²) in [4.78, 5) is 0. The van der Waals surface area contributed by atoms with E-state index in [1.54, 1.807) is 0 Å². The summed E-state index contributed by atoms with van der Waals surface area (Å²) >= 11 is 0. The molecule has 0 radical (unpaired) electrons. The molecule has 0 unspecified atom stereocenters. The molecule has 1 aliphatic carbocycles. The fourth-order valence-electron chi connectivity index (χ4n) is 2.15. The van der Waals surface area contributed by atoms with Crippen LogP contribution in [0.3, 0.4) is 0 Å². The first kappa shape index (κ1) is 10.8. The lowest BCUT2D eigenvalue weighted by Gasteiger charge is -2.34. The van der Waals surface area contributed by atoms with Crippen molar-refractivity contribution in [2.75, 3.05) is 6.54 Å². The zero-order valence-electron chi connectivity index (χ0n) is 8.94. The predicted octanol–water partition coefficient (Wildman–Crippen LogP) is 3.27. The van der Waals surface area contributed by atoms with Crippen LogP contribution in [-0.2, 0) is 0 Å². The van der Waals surface area contributed by atoms with E-state index in [4.69, 9.17) is 0 Å². The Morgan fingerprint density at radius 1 is 1.31 bits per heavy atom. The van der Waals surface area contributed by atoms with E-state index in [0.29, 0.717) is 5.54 Å². The van der Waals surface area contributed by atoms with Gasteiger partial charge in [0.05, 0.1) is 0 Å². The Morgan fingerprint density at radius 2 is 2.00 bits per heavy atom. The molecular weight excluding hydrogens is 158 g/mol. The maximum absolute atomic E-state index is 3.73. The van der Waals surface area contributed by atoms with Crippen molar-refractivity contribution in [3.05, 3.63) is 12.7 Å². The molecule has 0 aromatic heterocycles. The quantitative estimate of drug-likeness (QED) is 0.507. The zero-order chi connectivity index (χ0) is 9.57. The highest BCUT2D eigenvalue weighted by Gasteiger charge is 2.25. The van der Waals surface area contributed by atoms with Gasteiger partial charge < -0.3 is 5.32 Å². The highest BCUT2D eigenvalue weighted by Crippen LogP contribution is 2.27. The average molecular weight is 181 g/mol. The third-order valence-corrected chi connectivity index (χ3v) is 3.09. The third kappa shape index (κ3) is 3.95. The summed E-state index contributed by atoms with van der Waals surface area (Å²) in [7, 11) is 0. The number of nitrogens with one attached hydrogen (secondary N) is 1. The summed E-state index contributed by atoms with van der Waals surface area (Å²) in [5.74, 6) is 0. The monoisotopic (exact) mass is 181 g/mol. The van der Waals surface area contributed by atoms with Gasteiger partial charge in [0.1, 0.15) is 0 Å². The number of rotatable bonds is 5. The van der Waals surface area contributed by atoms with Crippen LogP contribution >= 0.6 is 0 Å². The van der Waals surface area contributed by atoms with E-state index in [9.17, 15) is 0 Å². The lowest BCUT2D eigenvalue weighted by Crippen LogP contribution is -2.44. The van der Waals surface area contributed by atoms with Gasteiger partial charge in [0.25, 0.3) is 0 Å². The summed E-state index contributed by atoms with van der Waals surface area (Å²) in [5, 5.41) is 3.68. The molecule has 0 bridgehead atoms. The van der Waals surface area contributed by atoms with Crippen LogP contribution in [0.2, 0.25) is 0 Å². The van der Waals surface area contributed by atoms with Crippen molar-refractivity contribution in [1.82, 2.24) is 5.32 Å². The summed E-state index contributed by atoms with van der Waals surface area (Å²) in [6.07, 6.45) is 11.4. The van der Waals surface area contributed by atoms with E-state index in [1.165, 1.54) is 38.5 Å². The van der Waals surface area contributed by atoms with Crippen LogP contribution in [0, 0.1) is 0 Å². The van der Waals surface area contributed by atoms with Crippen LogP contribution < -0.4 is 5.32 Å². The Bertz CT molecular complexity index is 145. The van der Waals surface area contributed by atoms with Crippen molar-refractivity contribution in [2.45, 2.75) is 57.4 Å². The fraction of sp³-hybridized carbons (Fsp3) is 0.833. The van der Waals surface area contributed by atoms with Crippen LogP contribution in [0.1, 0.15) is 51.9 Å². The van der Waals surface area contributed by atoms with Gasteiger partial charge in [-0.25, -0.2) is 0 Å². The molecular formula is C12H23N. The minimum atomic E-state index is 0.444. The third-order valence-electron chi connectivity index (χ3n) is 3.09. The minimum Gasteiger partial charge on any atom is -0.312 e. The normalized spacial score (nSPS) is 21.3. The molecule has 76 valence electrons. The first-order chi connectivity index (χ1) is 6.27. The van der Waals surface area contributed by atoms with Crippen molar-refractivity contribution >= 4 is 0 Å². The highest BCUT2D eigenvalue weighted by atomic mass is 15.0. The Hall–Kier alpha value is -0.300. The molecule has 0 saturated heterocycles. The molecule has 1 fully saturated rings. The molecule has 0 amide bonds. The molecule has 1 rings (SSSR count).